The number of carbonyl (C=O) groups is 3. The topological polar surface area (TPSA) is 82.1 Å². The van der Waals surface area contributed by atoms with Crippen molar-refractivity contribution in [3.63, 3.8) is 0 Å². The molecule has 0 spiro atoms. The zero-order chi connectivity index (χ0) is 29.2. The number of carbonyl (C=O) groups excluding carboxylic acids is 3. The van der Waals surface area contributed by atoms with Gasteiger partial charge in [-0.2, -0.15) is 0 Å². The van der Waals surface area contributed by atoms with Crippen LogP contribution >= 0.6 is 0 Å². The Morgan fingerprint density at radius 1 is 0.756 bits per heavy atom. The number of allylic oxidation sites excluding steroid dienone is 1. The second kappa shape index (κ2) is 13.8. The molecule has 1 atom stereocenters. The summed E-state index contributed by atoms with van der Waals surface area (Å²) in [7, 11) is 0. The lowest BCUT2D eigenvalue weighted by molar-refractivity contribution is -0.160. The third kappa shape index (κ3) is 8.80. The fourth-order valence-electron chi connectivity index (χ4n) is 4.72. The maximum atomic E-state index is 13.6. The first-order valence-electron chi connectivity index (χ1n) is 13.9. The summed E-state index contributed by atoms with van der Waals surface area (Å²) in [5, 5.41) is 0. The zero-order valence-corrected chi connectivity index (χ0v) is 23.9. The van der Waals surface area contributed by atoms with Crippen molar-refractivity contribution in [2.24, 2.45) is 0 Å². The van der Waals surface area contributed by atoms with E-state index >= 15 is 0 Å². The summed E-state index contributed by atoms with van der Waals surface area (Å²) in [6.07, 6.45) is 0.589. The predicted octanol–water partition coefficient (Wildman–Crippen LogP) is 6.12. The van der Waals surface area contributed by atoms with Crippen molar-refractivity contribution in [2.75, 3.05) is 0 Å². The van der Waals surface area contributed by atoms with Gasteiger partial charge in [0.05, 0.1) is 12.0 Å². The smallest absolute Gasteiger partial charge is 0.336 e. The van der Waals surface area contributed by atoms with Crippen LogP contribution in [0.25, 0.3) is 0 Å². The van der Waals surface area contributed by atoms with Crippen LogP contribution in [0.3, 0.4) is 0 Å². The van der Waals surface area contributed by atoms with Crippen molar-refractivity contribution in [3.05, 3.63) is 119 Å². The fourth-order valence-corrected chi connectivity index (χ4v) is 4.72. The van der Waals surface area contributed by atoms with Crippen molar-refractivity contribution in [1.29, 1.82) is 0 Å². The maximum Gasteiger partial charge on any atom is 0.336 e. The van der Waals surface area contributed by atoms with Crippen LogP contribution < -0.4 is 0 Å². The van der Waals surface area contributed by atoms with Crippen molar-refractivity contribution < 1.29 is 28.6 Å². The highest BCUT2D eigenvalue weighted by Crippen LogP contribution is 2.35. The Morgan fingerprint density at radius 2 is 1.27 bits per heavy atom. The molecule has 1 saturated heterocycles. The van der Waals surface area contributed by atoms with Crippen LogP contribution in [0.2, 0.25) is 0 Å². The molecular formula is C34H37NO6. The standard InChI is InChI=1S/C34H37NO6/c1-34(2,3)41-33(38)30-20-19-29(35(30)22-25-13-7-4-8-14-25)28(32(37)40-24-27-17-11-6-12-18-27)21-31(36)39-23-26-15-9-5-10-16-26/h4-18,30H,19-24H2,1-3H3/t30-/m0/s1. The number of esters is 3. The third-order valence-corrected chi connectivity index (χ3v) is 6.62. The van der Waals surface area contributed by atoms with Gasteiger partial charge in [0.25, 0.3) is 0 Å². The van der Waals surface area contributed by atoms with Gasteiger partial charge in [0.15, 0.2) is 0 Å². The highest BCUT2D eigenvalue weighted by Gasteiger charge is 2.39. The van der Waals surface area contributed by atoms with Crippen LogP contribution in [0, 0.1) is 0 Å². The quantitative estimate of drug-likeness (QED) is 0.169. The van der Waals surface area contributed by atoms with Crippen LogP contribution in [0.15, 0.2) is 102 Å². The minimum atomic E-state index is -0.666. The van der Waals surface area contributed by atoms with Gasteiger partial charge in [-0.15, -0.1) is 0 Å². The first kappa shape index (κ1) is 29.6. The molecule has 7 heteroatoms. The predicted molar refractivity (Wildman–Crippen MR) is 155 cm³/mol. The van der Waals surface area contributed by atoms with E-state index < -0.39 is 23.6 Å². The summed E-state index contributed by atoms with van der Waals surface area (Å²) < 4.78 is 17.0. The van der Waals surface area contributed by atoms with E-state index in [2.05, 4.69) is 0 Å². The van der Waals surface area contributed by atoms with Gasteiger partial charge in [0.2, 0.25) is 0 Å². The first-order valence-corrected chi connectivity index (χ1v) is 13.9. The van der Waals surface area contributed by atoms with E-state index in [-0.39, 0.29) is 31.2 Å². The molecule has 3 aromatic carbocycles. The molecular weight excluding hydrogens is 518 g/mol. The SMILES string of the molecule is CC(C)(C)OC(=O)[C@@H]1CCC(=C(CC(=O)OCc2ccccc2)C(=O)OCc2ccccc2)N1Cc1ccccc1. The highest BCUT2D eigenvalue weighted by molar-refractivity contribution is 5.95. The van der Waals surface area contributed by atoms with Gasteiger partial charge in [-0.3, -0.25) is 4.79 Å². The monoisotopic (exact) mass is 555 g/mol. The molecule has 214 valence electrons. The van der Waals surface area contributed by atoms with Crippen LogP contribution in [0.4, 0.5) is 0 Å². The molecule has 41 heavy (non-hydrogen) atoms. The van der Waals surface area contributed by atoms with Gasteiger partial charge in [-0.05, 0) is 50.3 Å². The summed E-state index contributed by atoms with van der Waals surface area (Å²) in [6, 6.07) is 27.8. The molecule has 7 nitrogen and oxygen atoms in total. The van der Waals surface area contributed by atoms with Gasteiger partial charge < -0.3 is 19.1 Å². The highest BCUT2D eigenvalue weighted by atomic mass is 16.6. The largest absolute Gasteiger partial charge is 0.461 e. The maximum absolute atomic E-state index is 13.6. The molecule has 0 radical (unpaired) electrons. The molecule has 0 unspecified atom stereocenters. The number of benzene rings is 3. The van der Waals surface area contributed by atoms with Gasteiger partial charge in [-0.1, -0.05) is 91.0 Å². The molecule has 0 amide bonds. The van der Waals surface area contributed by atoms with Crippen LogP contribution in [-0.4, -0.2) is 34.5 Å². The minimum Gasteiger partial charge on any atom is -0.461 e. The summed E-state index contributed by atoms with van der Waals surface area (Å²) >= 11 is 0. The van der Waals surface area contributed by atoms with Gasteiger partial charge >= 0.3 is 17.9 Å². The number of likely N-dealkylation sites (tertiary alicyclic amines) is 1. The third-order valence-electron chi connectivity index (χ3n) is 6.62. The molecule has 1 aliphatic heterocycles. The summed E-state index contributed by atoms with van der Waals surface area (Å²) in [4.78, 5) is 41.8. The lowest BCUT2D eigenvalue weighted by Gasteiger charge is -2.30. The van der Waals surface area contributed by atoms with Crippen LogP contribution in [-0.2, 0) is 48.4 Å². The Kier molecular flexibility index (Phi) is 9.95. The summed E-state index contributed by atoms with van der Waals surface area (Å²) in [5.74, 6) is -1.52. The molecule has 0 aromatic heterocycles. The van der Waals surface area contributed by atoms with Gasteiger partial charge in [0.1, 0.15) is 24.9 Å². The number of hydrogen-bond acceptors (Lipinski definition) is 7. The van der Waals surface area contributed by atoms with E-state index in [1.807, 2.05) is 117 Å². The number of rotatable bonds is 10. The molecule has 0 saturated carbocycles. The number of hydrogen-bond donors (Lipinski definition) is 0. The fraction of sp³-hybridized carbons (Fsp3) is 0.324. The average Bonchev–Trinajstić information content (AvgIpc) is 3.37. The molecule has 1 fully saturated rings. The lowest BCUT2D eigenvalue weighted by Crippen LogP contribution is -2.40. The van der Waals surface area contributed by atoms with E-state index in [1.54, 1.807) is 0 Å². The Balaban J connectivity index is 1.64. The number of ether oxygens (including phenoxy) is 3. The second-order valence-corrected chi connectivity index (χ2v) is 11.0. The zero-order valence-electron chi connectivity index (χ0n) is 23.9. The van der Waals surface area contributed by atoms with Crippen molar-refractivity contribution in [2.45, 2.75) is 71.4 Å². The molecule has 0 aliphatic carbocycles. The van der Waals surface area contributed by atoms with E-state index in [4.69, 9.17) is 14.2 Å². The molecule has 0 bridgehead atoms. The van der Waals surface area contributed by atoms with E-state index in [1.165, 1.54) is 0 Å². The van der Waals surface area contributed by atoms with Crippen LogP contribution in [0.1, 0.15) is 56.7 Å². The lowest BCUT2D eigenvalue weighted by atomic mass is 10.1. The normalized spacial score (nSPS) is 16.2. The van der Waals surface area contributed by atoms with E-state index in [0.717, 1.165) is 16.7 Å². The van der Waals surface area contributed by atoms with Crippen molar-refractivity contribution >= 4 is 17.9 Å². The second-order valence-electron chi connectivity index (χ2n) is 11.0. The number of nitrogens with zero attached hydrogens (tertiary/aromatic N) is 1. The minimum absolute atomic E-state index is 0.0592. The summed E-state index contributed by atoms with van der Waals surface area (Å²) in [5.41, 5.74) is 2.76. The Morgan fingerprint density at radius 3 is 1.80 bits per heavy atom. The van der Waals surface area contributed by atoms with Gasteiger partial charge in [0, 0.05) is 12.2 Å². The molecule has 0 N–H and O–H groups in total. The van der Waals surface area contributed by atoms with Crippen molar-refractivity contribution in [1.82, 2.24) is 4.90 Å². The Labute approximate surface area is 241 Å². The van der Waals surface area contributed by atoms with Crippen LogP contribution in [0.5, 0.6) is 0 Å². The first-order chi connectivity index (χ1) is 19.7. The average molecular weight is 556 g/mol. The Bertz CT molecular complexity index is 1350. The van der Waals surface area contributed by atoms with Gasteiger partial charge in [-0.25, -0.2) is 9.59 Å². The van der Waals surface area contributed by atoms with E-state index in [0.29, 0.717) is 25.1 Å². The van der Waals surface area contributed by atoms with Crippen molar-refractivity contribution in [3.8, 4) is 0 Å². The molecule has 3 aromatic rings. The molecule has 1 heterocycles. The molecule has 1 aliphatic rings. The Hall–Kier alpha value is -4.39. The summed E-state index contributed by atoms with van der Waals surface area (Å²) in [6.45, 7) is 6.00. The molecule has 4 rings (SSSR count). The van der Waals surface area contributed by atoms with E-state index in [9.17, 15) is 14.4 Å².